The topological polar surface area (TPSA) is 64.3 Å². The summed E-state index contributed by atoms with van der Waals surface area (Å²) in [5, 5.41) is 2.93. The molecule has 0 atom stereocenters. The first-order chi connectivity index (χ1) is 8.48. The van der Waals surface area contributed by atoms with Gasteiger partial charge in [-0.3, -0.25) is 4.79 Å². The molecule has 0 heterocycles. The first-order valence-corrected chi connectivity index (χ1v) is 6.23. The highest BCUT2D eigenvalue weighted by molar-refractivity contribution is 7.80. The van der Waals surface area contributed by atoms with Crippen LogP contribution >= 0.6 is 12.2 Å². The number of rotatable bonds is 5. The zero-order chi connectivity index (χ0) is 13.2. The maximum Gasteiger partial charge on any atom is 0.258 e. The summed E-state index contributed by atoms with van der Waals surface area (Å²) in [5.74, 6) is 0.541. The number of hydrogen-bond acceptors (Lipinski definition) is 3. The second-order valence-electron chi connectivity index (χ2n) is 4.79. The molecule has 0 aliphatic heterocycles. The lowest BCUT2D eigenvalue weighted by Gasteiger charge is -2.12. The van der Waals surface area contributed by atoms with Crippen molar-refractivity contribution in [3.05, 3.63) is 29.8 Å². The predicted octanol–water partition coefficient (Wildman–Crippen LogP) is 1.37. The van der Waals surface area contributed by atoms with E-state index in [9.17, 15) is 4.79 Å². The normalized spacial score (nSPS) is 15.8. The zero-order valence-corrected chi connectivity index (χ0v) is 11.0. The molecule has 0 saturated heterocycles. The van der Waals surface area contributed by atoms with Crippen molar-refractivity contribution in [3.63, 3.8) is 0 Å². The minimum Gasteiger partial charge on any atom is -0.484 e. The molecular weight excluding hydrogens is 248 g/mol. The molecule has 1 fully saturated rings. The number of benzene rings is 1. The Bertz CT molecular complexity index is 466. The van der Waals surface area contributed by atoms with Gasteiger partial charge in [0, 0.05) is 11.1 Å². The van der Waals surface area contributed by atoms with E-state index >= 15 is 0 Å². The molecule has 2 rings (SSSR count). The van der Waals surface area contributed by atoms with Crippen LogP contribution < -0.4 is 15.8 Å². The highest BCUT2D eigenvalue weighted by atomic mass is 32.1. The zero-order valence-electron chi connectivity index (χ0n) is 10.2. The van der Waals surface area contributed by atoms with Gasteiger partial charge in [0.15, 0.2) is 6.61 Å². The smallest absolute Gasteiger partial charge is 0.258 e. The van der Waals surface area contributed by atoms with Crippen molar-refractivity contribution >= 4 is 23.1 Å². The molecule has 1 aliphatic rings. The third kappa shape index (κ3) is 3.43. The molecule has 1 amide bonds. The van der Waals surface area contributed by atoms with E-state index in [1.165, 1.54) is 0 Å². The largest absolute Gasteiger partial charge is 0.484 e. The SMILES string of the molecule is CC1(NC(=O)COc2ccc(C(N)=S)cc2)CC1. The van der Waals surface area contributed by atoms with Crippen LogP contribution in [0.1, 0.15) is 25.3 Å². The van der Waals surface area contributed by atoms with Crippen LogP contribution in [0.5, 0.6) is 5.75 Å². The average Bonchev–Trinajstić information content (AvgIpc) is 3.04. The minimum atomic E-state index is -0.0894. The molecule has 96 valence electrons. The summed E-state index contributed by atoms with van der Waals surface area (Å²) < 4.78 is 5.38. The molecule has 5 heteroatoms. The first-order valence-electron chi connectivity index (χ1n) is 5.82. The molecule has 1 aliphatic carbocycles. The fourth-order valence-electron chi connectivity index (χ4n) is 1.55. The first kappa shape index (κ1) is 12.8. The lowest BCUT2D eigenvalue weighted by Crippen LogP contribution is -2.37. The third-order valence-electron chi connectivity index (χ3n) is 2.95. The van der Waals surface area contributed by atoms with E-state index in [-0.39, 0.29) is 18.1 Å². The quantitative estimate of drug-likeness (QED) is 0.788. The number of carbonyl (C=O) groups excluding carboxylic acids is 1. The standard InChI is InChI=1S/C13H16N2O2S/c1-13(6-7-13)15-11(16)8-17-10-4-2-9(3-5-10)12(14)18/h2-5H,6-8H2,1H3,(H2,14,18)(H,15,16). The molecule has 0 radical (unpaired) electrons. The van der Waals surface area contributed by atoms with Crippen LogP contribution in [0.15, 0.2) is 24.3 Å². The summed E-state index contributed by atoms with van der Waals surface area (Å²) in [5.41, 5.74) is 6.27. The molecule has 18 heavy (non-hydrogen) atoms. The van der Waals surface area contributed by atoms with Crippen molar-refractivity contribution in [2.24, 2.45) is 5.73 Å². The van der Waals surface area contributed by atoms with Crippen molar-refractivity contribution in [1.29, 1.82) is 0 Å². The molecule has 3 N–H and O–H groups in total. The number of thiocarbonyl (C=S) groups is 1. The van der Waals surface area contributed by atoms with Gasteiger partial charge in [0.25, 0.3) is 5.91 Å². The summed E-state index contributed by atoms with van der Waals surface area (Å²) in [4.78, 5) is 11.9. The Morgan fingerprint density at radius 2 is 2.06 bits per heavy atom. The van der Waals surface area contributed by atoms with Crippen molar-refractivity contribution in [2.45, 2.75) is 25.3 Å². The number of carbonyl (C=O) groups is 1. The van der Waals surface area contributed by atoms with Crippen molar-refractivity contribution in [1.82, 2.24) is 5.32 Å². The minimum absolute atomic E-state index is 0.00393. The molecule has 0 bridgehead atoms. The number of ether oxygens (including phenoxy) is 1. The van der Waals surface area contributed by atoms with E-state index in [0.717, 1.165) is 18.4 Å². The van der Waals surface area contributed by atoms with E-state index in [0.29, 0.717) is 10.7 Å². The van der Waals surface area contributed by atoms with Crippen LogP contribution in [-0.4, -0.2) is 23.0 Å². The van der Waals surface area contributed by atoms with E-state index in [1.54, 1.807) is 24.3 Å². The highest BCUT2D eigenvalue weighted by Gasteiger charge is 2.38. The van der Waals surface area contributed by atoms with Gasteiger partial charge in [0.05, 0.1) is 0 Å². The van der Waals surface area contributed by atoms with Crippen LogP contribution in [0, 0.1) is 0 Å². The number of hydrogen-bond donors (Lipinski definition) is 2. The van der Waals surface area contributed by atoms with Gasteiger partial charge in [-0.25, -0.2) is 0 Å². The summed E-state index contributed by atoms with van der Waals surface area (Å²) in [6.07, 6.45) is 2.09. The molecule has 0 aromatic heterocycles. The molecule has 1 aromatic rings. The summed E-state index contributed by atoms with van der Waals surface area (Å²) in [7, 11) is 0. The Balaban J connectivity index is 1.82. The van der Waals surface area contributed by atoms with Crippen molar-refractivity contribution in [3.8, 4) is 5.75 Å². The molecule has 4 nitrogen and oxygen atoms in total. The van der Waals surface area contributed by atoms with Crippen LogP contribution in [0.4, 0.5) is 0 Å². The van der Waals surface area contributed by atoms with E-state index in [4.69, 9.17) is 22.7 Å². The predicted molar refractivity (Wildman–Crippen MR) is 73.6 cm³/mol. The summed E-state index contributed by atoms with van der Waals surface area (Å²) in [6, 6.07) is 7.05. The second-order valence-corrected chi connectivity index (χ2v) is 5.23. The summed E-state index contributed by atoms with van der Waals surface area (Å²) in [6.45, 7) is 2.06. The van der Waals surface area contributed by atoms with Crippen LogP contribution in [0.25, 0.3) is 0 Å². The fourth-order valence-corrected chi connectivity index (χ4v) is 1.69. The highest BCUT2D eigenvalue weighted by Crippen LogP contribution is 2.34. The Kier molecular flexibility index (Phi) is 3.52. The second kappa shape index (κ2) is 4.94. The molecule has 1 saturated carbocycles. The third-order valence-corrected chi connectivity index (χ3v) is 3.19. The van der Waals surface area contributed by atoms with Crippen molar-refractivity contribution < 1.29 is 9.53 Å². The van der Waals surface area contributed by atoms with Gasteiger partial charge in [-0.05, 0) is 44.0 Å². The van der Waals surface area contributed by atoms with Crippen molar-refractivity contribution in [2.75, 3.05) is 6.61 Å². The van der Waals surface area contributed by atoms with E-state index < -0.39 is 0 Å². The maximum atomic E-state index is 11.6. The monoisotopic (exact) mass is 264 g/mol. The number of amides is 1. The Labute approximate surface area is 112 Å². The van der Waals surface area contributed by atoms with Gasteiger partial charge in [-0.1, -0.05) is 12.2 Å². The van der Waals surface area contributed by atoms with Crippen LogP contribution in [-0.2, 0) is 4.79 Å². The van der Waals surface area contributed by atoms with Crippen LogP contribution in [0.3, 0.4) is 0 Å². The average molecular weight is 264 g/mol. The fraction of sp³-hybridized carbons (Fsp3) is 0.385. The molecular formula is C13H16N2O2S. The lowest BCUT2D eigenvalue weighted by molar-refractivity contribution is -0.123. The lowest BCUT2D eigenvalue weighted by atomic mass is 10.2. The van der Waals surface area contributed by atoms with Crippen LogP contribution in [0.2, 0.25) is 0 Å². The van der Waals surface area contributed by atoms with Gasteiger partial charge in [0.2, 0.25) is 0 Å². The molecule has 1 aromatic carbocycles. The number of nitrogens with two attached hydrogens (primary N) is 1. The molecule has 0 spiro atoms. The van der Waals surface area contributed by atoms with Gasteiger partial charge >= 0.3 is 0 Å². The van der Waals surface area contributed by atoms with Gasteiger partial charge < -0.3 is 15.8 Å². The van der Waals surface area contributed by atoms with E-state index in [2.05, 4.69) is 5.32 Å². The van der Waals surface area contributed by atoms with Gasteiger partial charge in [-0.15, -0.1) is 0 Å². The van der Waals surface area contributed by atoms with Gasteiger partial charge in [-0.2, -0.15) is 0 Å². The number of nitrogens with one attached hydrogen (secondary N) is 1. The summed E-state index contributed by atoms with van der Waals surface area (Å²) >= 11 is 4.85. The molecule has 0 unspecified atom stereocenters. The van der Waals surface area contributed by atoms with Gasteiger partial charge in [0.1, 0.15) is 10.7 Å². The van der Waals surface area contributed by atoms with E-state index in [1.807, 2.05) is 6.92 Å². The maximum absolute atomic E-state index is 11.6. The Morgan fingerprint density at radius 3 is 2.56 bits per heavy atom. The Hall–Kier alpha value is -1.62. The Morgan fingerprint density at radius 1 is 1.44 bits per heavy atom.